The Morgan fingerprint density at radius 3 is 2.27 bits per heavy atom. The van der Waals surface area contributed by atoms with Crippen LogP contribution in [0.2, 0.25) is 0 Å². The Labute approximate surface area is 243 Å². The van der Waals surface area contributed by atoms with Crippen molar-refractivity contribution in [3.63, 3.8) is 0 Å². The molecule has 6 aliphatic carbocycles. The van der Waals surface area contributed by atoms with Crippen LogP contribution in [0.25, 0.3) is 0 Å². The normalized spacial score (nSPS) is 46.2. The molecule has 6 aliphatic rings. The summed E-state index contributed by atoms with van der Waals surface area (Å²) in [6.45, 7) is 19.1. The van der Waals surface area contributed by atoms with E-state index in [4.69, 9.17) is 5.73 Å². The first kappa shape index (κ1) is 28.6. The van der Waals surface area contributed by atoms with Crippen LogP contribution in [0.5, 0.6) is 0 Å². The first-order chi connectivity index (χ1) is 18.6. The van der Waals surface area contributed by atoms with Gasteiger partial charge in [0.1, 0.15) is 5.78 Å². The first-order valence-corrected chi connectivity index (χ1v) is 16.6. The van der Waals surface area contributed by atoms with Crippen molar-refractivity contribution in [2.24, 2.45) is 57.0 Å². The summed E-state index contributed by atoms with van der Waals surface area (Å²) in [4.78, 5) is 25.3. The third kappa shape index (κ3) is 3.64. The van der Waals surface area contributed by atoms with Gasteiger partial charge in [0.2, 0.25) is 0 Å². The van der Waals surface area contributed by atoms with E-state index in [1.165, 1.54) is 43.3 Å². The third-order valence-corrected chi connectivity index (χ3v) is 14.4. The van der Waals surface area contributed by atoms with Crippen molar-refractivity contribution in [3.05, 3.63) is 34.4 Å². The molecule has 0 aromatic heterocycles. The highest BCUT2D eigenvalue weighted by Gasteiger charge is 2.69. The monoisotopic (exact) mass is 545 g/mol. The highest BCUT2D eigenvalue weighted by Crippen LogP contribution is 2.75. The molecule has 0 radical (unpaired) electrons. The van der Waals surface area contributed by atoms with Gasteiger partial charge in [-0.3, -0.25) is 9.59 Å². The average Bonchev–Trinajstić information content (AvgIpc) is 3.14. The molecule has 1 unspecified atom stereocenters. The molecule has 3 saturated carbocycles. The number of hydrogen-bond acceptors (Lipinski definition) is 3. The molecule has 3 nitrogen and oxygen atoms in total. The molecular formula is C37H55NO2. The largest absolute Gasteiger partial charge is 0.321 e. The van der Waals surface area contributed by atoms with E-state index in [0.29, 0.717) is 35.7 Å². The van der Waals surface area contributed by atoms with Crippen LogP contribution in [0.4, 0.5) is 0 Å². The highest BCUT2D eigenvalue weighted by atomic mass is 16.1. The Morgan fingerprint density at radius 2 is 1.65 bits per heavy atom. The molecule has 6 rings (SSSR count). The quantitative estimate of drug-likeness (QED) is 0.386. The lowest BCUT2D eigenvalue weighted by atomic mass is 9.33. The van der Waals surface area contributed by atoms with E-state index in [0.717, 1.165) is 37.7 Å². The van der Waals surface area contributed by atoms with E-state index in [-0.39, 0.29) is 33.5 Å². The summed E-state index contributed by atoms with van der Waals surface area (Å²) in [5, 5.41) is 0. The van der Waals surface area contributed by atoms with Crippen LogP contribution in [0.3, 0.4) is 0 Å². The Bertz CT molecular complexity index is 1230. The summed E-state index contributed by atoms with van der Waals surface area (Å²) in [5.41, 5.74) is 13.2. The minimum Gasteiger partial charge on any atom is -0.321 e. The molecule has 3 heteroatoms. The lowest BCUT2D eigenvalue weighted by molar-refractivity contribution is -0.195. The van der Waals surface area contributed by atoms with Gasteiger partial charge < -0.3 is 5.73 Å². The zero-order valence-electron chi connectivity index (χ0n) is 26.7. The summed E-state index contributed by atoms with van der Waals surface area (Å²) >= 11 is 0. The maximum Gasteiger partial charge on any atom is 0.161 e. The molecule has 8 atom stereocenters. The number of carbonyl (C=O) groups is 2. The predicted molar refractivity (Wildman–Crippen MR) is 163 cm³/mol. The van der Waals surface area contributed by atoms with Gasteiger partial charge in [0, 0.05) is 17.9 Å². The molecule has 0 heterocycles. The van der Waals surface area contributed by atoms with Gasteiger partial charge in [-0.05, 0) is 139 Å². The second-order valence-corrected chi connectivity index (χ2v) is 16.7. The zero-order valence-corrected chi connectivity index (χ0v) is 26.7. The zero-order chi connectivity index (χ0) is 29.0. The van der Waals surface area contributed by atoms with Crippen LogP contribution < -0.4 is 5.73 Å². The number of fused-ring (bicyclic) bond motifs is 7. The number of allylic oxidation sites excluding steroid dienone is 5. The smallest absolute Gasteiger partial charge is 0.161 e. The predicted octanol–water partition coefficient (Wildman–Crippen LogP) is 8.53. The van der Waals surface area contributed by atoms with E-state index in [1.807, 2.05) is 0 Å². The fraction of sp³-hybridized carbons (Fsp3) is 0.784. The minimum absolute atomic E-state index is 0.144. The lowest BCUT2D eigenvalue weighted by Crippen LogP contribution is -2.65. The fourth-order valence-corrected chi connectivity index (χ4v) is 12.2. The summed E-state index contributed by atoms with van der Waals surface area (Å²) in [6, 6.07) is 0. The van der Waals surface area contributed by atoms with Gasteiger partial charge in [0.25, 0.3) is 0 Å². The molecule has 220 valence electrons. The van der Waals surface area contributed by atoms with Gasteiger partial charge in [-0.25, -0.2) is 0 Å². The van der Waals surface area contributed by atoms with E-state index in [1.54, 1.807) is 12.5 Å². The van der Waals surface area contributed by atoms with Crippen molar-refractivity contribution in [3.8, 4) is 0 Å². The molecule has 0 saturated heterocycles. The van der Waals surface area contributed by atoms with E-state index in [2.05, 4.69) is 60.6 Å². The number of hydrogen-bond donors (Lipinski definition) is 1. The maximum atomic E-state index is 13.3. The molecule has 0 aliphatic heterocycles. The molecule has 0 spiro atoms. The van der Waals surface area contributed by atoms with Crippen LogP contribution in [-0.4, -0.2) is 17.1 Å². The third-order valence-electron chi connectivity index (χ3n) is 14.4. The number of carbonyl (C=O) groups excluding carboxylic acids is 2. The molecule has 2 N–H and O–H groups in total. The van der Waals surface area contributed by atoms with Gasteiger partial charge >= 0.3 is 0 Å². The first-order valence-electron chi connectivity index (χ1n) is 16.6. The second-order valence-electron chi connectivity index (χ2n) is 16.7. The van der Waals surface area contributed by atoms with Crippen molar-refractivity contribution in [2.45, 2.75) is 132 Å². The standard InChI is InChI=1S/C37H55NO2/c1-22(2)31-28(40)21-37(38)20-19-35(7)27(32(31)37)13-14-30-34(6)17-15-26(25-11-9-24(10-12-25)23(3)39)33(4,5)29(34)16-18-36(30,35)8/h11,15,22,24,27,29-30H,9-10,12-14,16-21,38H2,1-8H3/t24?,27-,29+,30-,34+,35-,36-,37-/m1/s1. The second kappa shape index (κ2) is 9.01. The van der Waals surface area contributed by atoms with Crippen LogP contribution in [-0.2, 0) is 9.59 Å². The molecule has 3 fully saturated rings. The van der Waals surface area contributed by atoms with Crippen molar-refractivity contribution in [1.29, 1.82) is 0 Å². The molecular weight excluding hydrogens is 490 g/mol. The van der Waals surface area contributed by atoms with Gasteiger partial charge in [0.15, 0.2) is 5.78 Å². The molecule has 40 heavy (non-hydrogen) atoms. The highest BCUT2D eigenvalue weighted by molar-refractivity contribution is 6.01. The fourth-order valence-electron chi connectivity index (χ4n) is 12.2. The molecule has 0 bridgehead atoms. The summed E-state index contributed by atoms with van der Waals surface area (Å²) in [6.07, 6.45) is 16.8. The molecule has 0 aromatic carbocycles. The Kier molecular flexibility index (Phi) is 6.45. The minimum atomic E-state index is -0.398. The summed E-state index contributed by atoms with van der Waals surface area (Å²) in [7, 11) is 0. The van der Waals surface area contributed by atoms with Gasteiger partial charge in [-0.1, -0.05) is 60.6 Å². The van der Waals surface area contributed by atoms with Crippen LogP contribution in [0.15, 0.2) is 34.4 Å². The summed E-state index contributed by atoms with van der Waals surface area (Å²) < 4.78 is 0. The summed E-state index contributed by atoms with van der Waals surface area (Å²) in [5.74, 6) is 2.96. The SMILES string of the molecule is CC(=O)C1CC=C(C2=CC[C@]3(C)[C@H]4CC[C@@H]5C6=C(C(C)C)C(=O)C[C@]6(N)CC[C@@]5(C)[C@]4(C)CC[C@H]3C2(C)C)CC1. The van der Waals surface area contributed by atoms with E-state index >= 15 is 0 Å². The Balaban J connectivity index is 1.36. The van der Waals surface area contributed by atoms with E-state index < -0.39 is 5.54 Å². The van der Waals surface area contributed by atoms with Crippen LogP contribution >= 0.6 is 0 Å². The Hall–Kier alpha value is -1.48. The topological polar surface area (TPSA) is 60.2 Å². The van der Waals surface area contributed by atoms with E-state index in [9.17, 15) is 9.59 Å². The van der Waals surface area contributed by atoms with Crippen LogP contribution in [0, 0.1) is 51.2 Å². The molecule has 0 amide bonds. The van der Waals surface area contributed by atoms with Crippen LogP contribution in [0.1, 0.15) is 126 Å². The number of Topliss-reactive ketones (excluding diaryl/α,β-unsaturated/α-hetero) is 2. The van der Waals surface area contributed by atoms with Gasteiger partial charge in [-0.15, -0.1) is 0 Å². The van der Waals surface area contributed by atoms with Gasteiger partial charge in [-0.2, -0.15) is 0 Å². The van der Waals surface area contributed by atoms with Crippen molar-refractivity contribution < 1.29 is 9.59 Å². The Morgan fingerprint density at radius 1 is 0.925 bits per heavy atom. The molecule has 0 aromatic rings. The maximum absolute atomic E-state index is 13.3. The number of rotatable bonds is 3. The number of ketones is 2. The average molecular weight is 546 g/mol. The van der Waals surface area contributed by atoms with Crippen molar-refractivity contribution in [2.75, 3.05) is 0 Å². The van der Waals surface area contributed by atoms with Crippen molar-refractivity contribution >= 4 is 11.6 Å². The van der Waals surface area contributed by atoms with Gasteiger partial charge in [0.05, 0.1) is 0 Å². The van der Waals surface area contributed by atoms with Crippen molar-refractivity contribution in [1.82, 2.24) is 0 Å². The number of nitrogens with two attached hydrogens (primary N) is 1. The lowest BCUT2D eigenvalue weighted by Gasteiger charge is -2.71.